The second kappa shape index (κ2) is 5.65. The Kier molecular flexibility index (Phi) is 3.85. The molecule has 2 fully saturated rings. The molecule has 2 amide bonds. The molecule has 2 atom stereocenters. The molecule has 2 aliphatic carbocycles. The minimum absolute atomic E-state index is 0.0733. The van der Waals surface area contributed by atoms with Gasteiger partial charge in [-0.1, -0.05) is 13.8 Å². The number of nitrogens with one attached hydrogen (secondary N) is 2. The molecule has 8 heteroatoms. The van der Waals surface area contributed by atoms with E-state index in [1.165, 1.54) is 24.3 Å². The molecule has 25 heavy (non-hydrogen) atoms. The van der Waals surface area contributed by atoms with Gasteiger partial charge in [0.15, 0.2) is 0 Å². The number of rotatable bonds is 3. The van der Waals surface area contributed by atoms with Crippen molar-refractivity contribution >= 4 is 23.3 Å². The van der Waals surface area contributed by atoms with Gasteiger partial charge < -0.3 is 0 Å². The average Bonchev–Trinajstić information content (AvgIpc) is 2.94. The van der Waals surface area contributed by atoms with Crippen molar-refractivity contribution in [1.29, 1.82) is 0 Å². The van der Waals surface area contributed by atoms with Crippen molar-refractivity contribution < 1.29 is 19.3 Å². The molecule has 2 bridgehead atoms. The number of carbonyl (C=O) groups is 3. The monoisotopic (exact) mass is 345 g/mol. The van der Waals surface area contributed by atoms with Crippen LogP contribution in [0.15, 0.2) is 24.3 Å². The van der Waals surface area contributed by atoms with Crippen LogP contribution >= 0.6 is 0 Å². The van der Waals surface area contributed by atoms with Crippen LogP contribution in [0.5, 0.6) is 0 Å². The Hall–Kier alpha value is -2.77. The summed E-state index contributed by atoms with van der Waals surface area (Å²) < 4.78 is 0. The molecule has 0 aliphatic heterocycles. The minimum atomic E-state index is -1.10. The Morgan fingerprint density at radius 2 is 1.84 bits per heavy atom. The van der Waals surface area contributed by atoms with Crippen LogP contribution in [-0.2, 0) is 9.59 Å². The lowest BCUT2D eigenvalue weighted by atomic mass is 9.68. The maximum Gasteiger partial charge on any atom is 0.269 e. The van der Waals surface area contributed by atoms with Crippen molar-refractivity contribution in [3.8, 4) is 0 Å². The standard InChI is InChI=1S/C17H19N3O5/c1-16(2)11-7-8-17(16,13(21)9-11)15(23)19-18-14(22)10-3-5-12(6-4-10)20(24)25/h3-6,11H,7-9H2,1-2H3,(H,18,22)(H,19,23). The first-order chi connectivity index (χ1) is 11.7. The molecule has 2 N–H and O–H groups in total. The predicted molar refractivity (Wildman–Crippen MR) is 87.3 cm³/mol. The third-order valence-corrected chi connectivity index (χ3v) is 5.91. The number of Topliss-reactive ketones (excluding diaryl/α,β-unsaturated/α-hetero) is 1. The highest BCUT2D eigenvalue weighted by Crippen LogP contribution is 2.63. The van der Waals surface area contributed by atoms with Crippen molar-refractivity contribution in [2.45, 2.75) is 33.1 Å². The van der Waals surface area contributed by atoms with E-state index in [1.807, 2.05) is 13.8 Å². The van der Waals surface area contributed by atoms with Gasteiger partial charge in [-0.05, 0) is 36.3 Å². The van der Waals surface area contributed by atoms with Gasteiger partial charge in [-0.3, -0.25) is 35.3 Å². The number of nitro groups is 1. The van der Waals surface area contributed by atoms with Gasteiger partial charge in [0, 0.05) is 24.1 Å². The molecule has 8 nitrogen and oxygen atoms in total. The summed E-state index contributed by atoms with van der Waals surface area (Å²) in [5.41, 5.74) is 3.18. The van der Waals surface area contributed by atoms with Crippen molar-refractivity contribution in [3.05, 3.63) is 39.9 Å². The summed E-state index contributed by atoms with van der Waals surface area (Å²) in [5.74, 6) is -0.970. The van der Waals surface area contributed by atoms with E-state index in [0.29, 0.717) is 12.8 Å². The van der Waals surface area contributed by atoms with Crippen LogP contribution in [-0.4, -0.2) is 22.5 Å². The quantitative estimate of drug-likeness (QED) is 0.491. The lowest BCUT2D eigenvalue weighted by molar-refractivity contribution is -0.384. The first kappa shape index (κ1) is 17.1. The Morgan fingerprint density at radius 3 is 2.32 bits per heavy atom. The summed E-state index contributed by atoms with van der Waals surface area (Å²) in [6.07, 6.45) is 1.71. The van der Waals surface area contributed by atoms with E-state index in [4.69, 9.17) is 0 Å². The smallest absolute Gasteiger partial charge is 0.269 e. The number of hydrogen-bond donors (Lipinski definition) is 2. The number of ketones is 1. The number of carbonyl (C=O) groups excluding carboxylic acids is 3. The SMILES string of the molecule is CC1(C)C2CCC1(C(=O)NNC(=O)c1ccc([N+](=O)[O-])cc1)C(=O)C2. The fraction of sp³-hybridized carbons (Fsp3) is 0.471. The maximum atomic E-state index is 12.7. The summed E-state index contributed by atoms with van der Waals surface area (Å²) in [7, 11) is 0. The third kappa shape index (κ3) is 2.40. The average molecular weight is 345 g/mol. The number of non-ortho nitro benzene ring substituents is 1. The molecule has 0 heterocycles. The van der Waals surface area contributed by atoms with Crippen molar-refractivity contribution in [3.63, 3.8) is 0 Å². The Labute approximate surface area is 144 Å². The minimum Gasteiger partial charge on any atom is -0.298 e. The number of hydrazine groups is 1. The van der Waals surface area contributed by atoms with Gasteiger partial charge in [0.05, 0.1) is 4.92 Å². The summed E-state index contributed by atoms with van der Waals surface area (Å²) >= 11 is 0. The predicted octanol–water partition coefficient (Wildman–Crippen LogP) is 1.75. The summed E-state index contributed by atoms with van der Waals surface area (Å²) in [4.78, 5) is 47.3. The van der Waals surface area contributed by atoms with Crippen molar-refractivity contribution in [1.82, 2.24) is 10.9 Å². The molecule has 2 unspecified atom stereocenters. The van der Waals surface area contributed by atoms with Crippen LogP contribution in [0.3, 0.4) is 0 Å². The van der Waals surface area contributed by atoms with Gasteiger partial charge in [-0.2, -0.15) is 0 Å². The van der Waals surface area contributed by atoms with E-state index in [2.05, 4.69) is 10.9 Å². The lowest BCUT2D eigenvalue weighted by Crippen LogP contribution is -2.54. The third-order valence-electron chi connectivity index (χ3n) is 5.91. The topological polar surface area (TPSA) is 118 Å². The zero-order chi connectivity index (χ0) is 18.4. The fourth-order valence-corrected chi connectivity index (χ4v) is 4.24. The maximum absolute atomic E-state index is 12.7. The van der Waals surface area contributed by atoms with E-state index in [9.17, 15) is 24.5 Å². The molecule has 3 rings (SSSR count). The van der Waals surface area contributed by atoms with E-state index in [1.54, 1.807) is 0 Å². The molecule has 0 aromatic heterocycles. The van der Waals surface area contributed by atoms with Crippen LogP contribution in [0, 0.1) is 26.9 Å². The molecule has 0 spiro atoms. The number of nitro benzene ring substituents is 1. The highest BCUT2D eigenvalue weighted by Gasteiger charge is 2.68. The first-order valence-electron chi connectivity index (χ1n) is 8.08. The number of benzene rings is 1. The fourth-order valence-electron chi connectivity index (χ4n) is 4.24. The molecule has 1 aromatic rings. The van der Waals surface area contributed by atoms with Crippen LogP contribution in [0.2, 0.25) is 0 Å². The van der Waals surface area contributed by atoms with Crippen LogP contribution < -0.4 is 10.9 Å². The van der Waals surface area contributed by atoms with E-state index in [0.717, 1.165) is 6.42 Å². The van der Waals surface area contributed by atoms with E-state index >= 15 is 0 Å². The Morgan fingerprint density at radius 1 is 1.20 bits per heavy atom. The summed E-state index contributed by atoms with van der Waals surface area (Å²) in [5, 5.41) is 10.6. The summed E-state index contributed by atoms with van der Waals surface area (Å²) in [6, 6.07) is 5.02. The second-order valence-corrected chi connectivity index (χ2v) is 7.20. The summed E-state index contributed by atoms with van der Waals surface area (Å²) in [6.45, 7) is 3.85. The van der Waals surface area contributed by atoms with Gasteiger partial charge in [0.25, 0.3) is 17.5 Å². The molecular weight excluding hydrogens is 326 g/mol. The molecule has 1 aromatic carbocycles. The molecule has 132 valence electrons. The first-order valence-corrected chi connectivity index (χ1v) is 8.08. The van der Waals surface area contributed by atoms with Gasteiger partial charge in [0.2, 0.25) is 0 Å². The molecule has 0 saturated heterocycles. The highest BCUT2D eigenvalue weighted by atomic mass is 16.6. The second-order valence-electron chi connectivity index (χ2n) is 7.20. The molecule has 0 radical (unpaired) electrons. The van der Waals surface area contributed by atoms with Crippen LogP contribution in [0.25, 0.3) is 0 Å². The number of hydrogen-bond acceptors (Lipinski definition) is 5. The number of fused-ring (bicyclic) bond motifs is 2. The van der Waals surface area contributed by atoms with Crippen molar-refractivity contribution in [2.75, 3.05) is 0 Å². The van der Waals surface area contributed by atoms with Crippen LogP contribution in [0.1, 0.15) is 43.5 Å². The van der Waals surface area contributed by atoms with Gasteiger partial charge >= 0.3 is 0 Å². The van der Waals surface area contributed by atoms with Gasteiger partial charge in [-0.25, -0.2) is 0 Å². The highest BCUT2D eigenvalue weighted by molar-refractivity contribution is 6.10. The molecule has 2 aliphatic rings. The largest absolute Gasteiger partial charge is 0.298 e. The zero-order valence-electron chi connectivity index (χ0n) is 14.0. The lowest BCUT2D eigenvalue weighted by Gasteiger charge is -2.34. The van der Waals surface area contributed by atoms with Crippen LogP contribution in [0.4, 0.5) is 5.69 Å². The van der Waals surface area contributed by atoms with Crippen molar-refractivity contribution in [2.24, 2.45) is 16.7 Å². The van der Waals surface area contributed by atoms with Gasteiger partial charge in [0.1, 0.15) is 11.2 Å². The number of amides is 2. The normalized spacial score (nSPS) is 26.3. The Balaban J connectivity index is 1.69. The zero-order valence-corrected chi connectivity index (χ0v) is 14.0. The molecule has 2 saturated carbocycles. The van der Waals surface area contributed by atoms with E-state index in [-0.39, 0.29) is 23.0 Å². The Bertz CT molecular complexity index is 771. The molecular formula is C17H19N3O5. The number of nitrogens with zero attached hydrogens (tertiary/aromatic N) is 1. The van der Waals surface area contributed by atoms with E-state index < -0.39 is 27.6 Å². The van der Waals surface area contributed by atoms with Gasteiger partial charge in [-0.15, -0.1) is 0 Å².